The van der Waals surface area contributed by atoms with E-state index < -0.39 is 9.84 Å². The number of rotatable bonds is 7. The topological polar surface area (TPSA) is 46.2 Å². The van der Waals surface area contributed by atoms with Crippen LogP contribution in [0.3, 0.4) is 0 Å². The van der Waals surface area contributed by atoms with Crippen molar-refractivity contribution in [2.45, 2.75) is 32.1 Å². The van der Waals surface area contributed by atoms with Crippen LogP contribution in [0.5, 0.6) is 0 Å². The van der Waals surface area contributed by atoms with Crippen LogP contribution in [0.1, 0.15) is 27.2 Å². The number of hydrogen-bond donors (Lipinski definition) is 1. The monoisotopic (exact) mass is 303 g/mol. The third-order valence-corrected chi connectivity index (χ3v) is 5.08. The molecule has 0 aromatic heterocycles. The van der Waals surface area contributed by atoms with Gasteiger partial charge in [-0.2, -0.15) is 0 Å². The second-order valence-corrected chi connectivity index (χ2v) is 8.04. The van der Waals surface area contributed by atoms with Crippen LogP contribution in [0.2, 0.25) is 0 Å². The summed E-state index contributed by atoms with van der Waals surface area (Å²) in [6.45, 7) is 6.76. The van der Waals surface area contributed by atoms with E-state index in [-0.39, 0.29) is 11.2 Å². The number of nitrogens with one attached hydrogen (secondary N) is 1. The van der Waals surface area contributed by atoms with E-state index in [9.17, 15) is 8.42 Å². The first-order chi connectivity index (χ1) is 8.80. The van der Waals surface area contributed by atoms with Gasteiger partial charge in [0.25, 0.3) is 0 Å². The number of sulfone groups is 1. The smallest absolute Gasteiger partial charge is 0.178 e. The Kier molecular flexibility index (Phi) is 5.68. The minimum atomic E-state index is -3.11. The van der Waals surface area contributed by atoms with E-state index in [1.807, 2.05) is 0 Å². The molecule has 0 aliphatic carbocycles. The Bertz CT molecular complexity index is 495. The first-order valence-corrected chi connectivity index (χ1v) is 8.62. The second kappa shape index (κ2) is 6.62. The van der Waals surface area contributed by atoms with Crippen LogP contribution in [0.4, 0.5) is 5.69 Å². The minimum Gasteiger partial charge on any atom is -0.385 e. The van der Waals surface area contributed by atoms with Gasteiger partial charge in [0.2, 0.25) is 0 Å². The van der Waals surface area contributed by atoms with Gasteiger partial charge in [0.05, 0.1) is 10.6 Å². The lowest BCUT2D eigenvalue weighted by molar-refractivity contribution is 0.379. The molecule has 0 saturated carbocycles. The number of anilines is 1. The highest BCUT2D eigenvalue weighted by Gasteiger charge is 2.17. The summed E-state index contributed by atoms with van der Waals surface area (Å²) >= 11 is 5.76. The van der Waals surface area contributed by atoms with Crippen molar-refractivity contribution < 1.29 is 8.42 Å². The first-order valence-electron chi connectivity index (χ1n) is 6.43. The standard InChI is InChI=1S/C14H22ClNO2S/c1-4-19(17,18)13-7-5-12(6-8-13)16-11-14(2,3)9-10-15/h5-8,16H,4,9-11H2,1-3H3. The molecule has 0 unspecified atom stereocenters. The quantitative estimate of drug-likeness (QED) is 0.784. The van der Waals surface area contributed by atoms with Crippen LogP contribution in [-0.2, 0) is 9.84 Å². The van der Waals surface area contributed by atoms with E-state index in [4.69, 9.17) is 11.6 Å². The van der Waals surface area contributed by atoms with Crippen LogP contribution in [-0.4, -0.2) is 26.6 Å². The normalized spacial score (nSPS) is 12.4. The Morgan fingerprint density at radius 1 is 1.21 bits per heavy atom. The van der Waals surface area contributed by atoms with Gasteiger partial charge in [-0.3, -0.25) is 0 Å². The SMILES string of the molecule is CCS(=O)(=O)c1ccc(NCC(C)(C)CCCl)cc1. The van der Waals surface area contributed by atoms with Gasteiger partial charge < -0.3 is 5.32 Å². The first kappa shape index (κ1) is 16.3. The lowest BCUT2D eigenvalue weighted by atomic mass is 9.90. The Labute approximate surface area is 121 Å². The number of alkyl halides is 1. The molecule has 0 aliphatic rings. The molecule has 0 heterocycles. The molecular formula is C14H22ClNO2S. The molecule has 0 spiro atoms. The van der Waals surface area contributed by atoms with E-state index >= 15 is 0 Å². The molecule has 0 bridgehead atoms. The average Bonchev–Trinajstić information content (AvgIpc) is 2.37. The van der Waals surface area contributed by atoms with Crippen molar-refractivity contribution in [3.63, 3.8) is 0 Å². The maximum atomic E-state index is 11.7. The fraction of sp³-hybridized carbons (Fsp3) is 0.571. The summed E-state index contributed by atoms with van der Waals surface area (Å²) in [5, 5.41) is 3.31. The Balaban J connectivity index is 2.68. The molecule has 1 aromatic carbocycles. The summed E-state index contributed by atoms with van der Waals surface area (Å²) in [5.74, 6) is 0.769. The van der Waals surface area contributed by atoms with Crippen molar-refractivity contribution in [2.75, 3.05) is 23.5 Å². The van der Waals surface area contributed by atoms with Crippen molar-refractivity contribution in [2.24, 2.45) is 5.41 Å². The predicted molar refractivity (Wildman–Crippen MR) is 81.8 cm³/mol. The van der Waals surface area contributed by atoms with Crippen molar-refractivity contribution in [1.82, 2.24) is 0 Å². The van der Waals surface area contributed by atoms with Crippen LogP contribution in [0.15, 0.2) is 29.2 Å². The van der Waals surface area contributed by atoms with Gasteiger partial charge in [0.15, 0.2) is 9.84 Å². The predicted octanol–water partition coefficient (Wildman–Crippen LogP) is 3.55. The van der Waals surface area contributed by atoms with Crippen LogP contribution >= 0.6 is 11.6 Å². The third-order valence-electron chi connectivity index (χ3n) is 3.14. The molecule has 0 amide bonds. The zero-order valence-corrected chi connectivity index (χ0v) is 13.3. The van der Waals surface area contributed by atoms with Gasteiger partial charge in [0, 0.05) is 18.1 Å². The summed E-state index contributed by atoms with van der Waals surface area (Å²) in [7, 11) is -3.11. The zero-order valence-electron chi connectivity index (χ0n) is 11.7. The Morgan fingerprint density at radius 2 is 1.79 bits per heavy atom. The van der Waals surface area contributed by atoms with E-state index in [1.54, 1.807) is 31.2 Å². The Morgan fingerprint density at radius 3 is 2.26 bits per heavy atom. The lowest BCUT2D eigenvalue weighted by Gasteiger charge is -2.24. The van der Waals surface area contributed by atoms with E-state index in [1.165, 1.54) is 0 Å². The van der Waals surface area contributed by atoms with Gasteiger partial charge in [-0.15, -0.1) is 11.6 Å². The van der Waals surface area contributed by atoms with Gasteiger partial charge >= 0.3 is 0 Å². The summed E-state index contributed by atoms with van der Waals surface area (Å²) in [6.07, 6.45) is 0.934. The van der Waals surface area contributed by atoms with Crippen LogP contribution < -0.4 is 5.32 Å². The van der Waals surface area contributed by atoms with Crippen LogP contribution in [0.25, 0.3) is 0 Å². The summed E-state index contributed by atoms with van der Waals surface area (Å²) in [4.78, 5) is 0.376. The molecular weight excluding hydrogens is 282 g/mol. The Hall–Kier alpha value is -0.740. The van der Waals surface area contributed by atoms with E-state index in [0.29, 0.717) is 10.8 Å². The zero-order chi connectivity index (χ0) is 14.5. The van der Waals surface area contributed by atoms with Crippen LogP contribution in [0, 0.1) is 5.41 Å². The summed E-state index contributed by atoms with van der Waals surface area (Å²) < 4.78 is 23.4. The minimum absolute atomic E-state index is 0.121. The third kappa shape index (κ3) is 5.03. The molecule has 0 radical (unpaired) electrons. The molecule has 3 nitrogen and oxygen atoms in total. The summed E-state index contributed by atoms with van der Waals surface area (Å²) in [5.41, 5.74) is 1.05. The summed E-state index contributed by atoms with van der Waals surface area (Å²) in [6, 6.07) is 6.91. The average molecular weight is 304 g/mol. The number of halogens is 1. The van der Waals surface area contributed by atoms with Gasteiger partial charge in [0.1, 0.15) is 0 Å². The van der Waals surface area contributed by atoms with E-state index in [2.05, 4.69) is 19.2 Å². The number of benzene rings is 1. The molecule has 0 fully saturated rings. The number of hydrogen-bond acceptors (Lipinski definition) is 3. The van der Waals surface area contributed by atoms with Crippen molar-refractivity contribution >= 4 is 27.1 Å². The fourth-order valence-electron chi connectivity index (χ4n) is 1.63. The molecule has 0 saturated heterocycles. The van der Waals surface area contributed by atoms with Crippen molar-refractivity contribution in [3.8, 4) is 0 Å². The molecule has 0 atom stereocenters. The maximum Gasteiger partial charge on any atom is 0.178 e. The largest absolute Gasteiger partial charge is 0.385 e. The molecule has 108 valence electrons. The van der Waals surface area contributed by atoms with E-state index in [0.717, 1.165) is 18.7 Å². The molecule has 5 heteroatoms. The maximum absolute atomic E-state index is 11.7. The fourth-order valence-corrected chi connectivity index (χ4v) is 3.03. The highest BCUT2D eigenvalue weighted by Crippen LogP contribution is 2.22. The molecule has 19 heavy (non-hydrogen) atoms. The highest BCUT2D eigenvalue weighted by atomic mass is 35.5. The van der Waals surface area contributed by atoms with Gasteiger partial charge in [-0.25, -0.2) is 8.42 Å². The van der Waals surface area contributed by atoms with Gasteiger partial charge in [-0.1, -0.05) is 20.8 Å². The van der Waals surface area contributed by atoms with Crippen molar-refractivity contribution in [3.05, 3.63) is 24.3 Å². The molecule has 1 aromatic rings. The molecule has 1 rings (SSSR count). The van der Waals surface area contributed by atoms with Crippen molar-refractivity contribution in [1.29, 1.82) is 0 Å². The molecule has 1 N–H and O–H groups in total. The molecule has 0 aliphatic heterocycles. The highest BCUT2D eigenvalue weighted by molar-refractivity contribution is 7.91. The second-order valence-electron chi connectivity index (χ2n) is 5.38. The van der Waals surface area contributed by atoms with Gasteiger partial charge in [-0.05, 0) is 36.1 Å². The lowest BCUT2D eigenvalue weighted by Crippen LogP contribution is -2.23.